The Morgan fingerprint density at radius 3 is 2.42 bits per heavy atom. The Balaban J connectivity index is 1.82. The lowest BCUT2D eigenvalue weighted by Gasteiger charge is -2.25. The Morgan fingerprint density at radius 2 is 1.79 bits per heavy atom. The van der Waals surface area contributed by atoms with Crippen molar-refractivity contribution in [2.75, 3.05) is 0 Å². The molecule has 3 heteroatoms. The molecule has 1 saturated carbocycles. The highest BCUT2D eigenvalue weighted by atomic mass is 16.7. The summed E-state index contributed by atoms with van der Waals surface area (Å²) in [6.07, 6.45) is 5.63. The molecule has 0 N–H and O–H groups in total. The van der Waals surface area contributed by atoms with Crippen molar-refractivity contribution < 1.29 is 14.3 Å². The van der Waals surface area contributed by atoms with Crippen LogP contribution in [0.1, 0.15) is 54.9 Å². The van der Waals surface area contributed by atoms with Crippen LogP contribution in [-0.2, 0) is 9.47 Å². The van der Waals surface area contributed by atoms with Crippen LogP contribution in [0.25, 0.3) is 0 Å². The zero-order valence-electron chi connectivity index (χ0n) is 11.7. The van der Waals surface area contributed by atoms with Gasteiger partial charge in [0.1, 0.15) is 0 Å². The zero-order chi connectivity index (χ0) is 13.7. The molecule has 0 heterocycles. The fourth-order valence-corrected chi connectivity index (χ4v) is 2.41. The molecule has 0 amide bonds. The molecule has 0 spiro atoms. The largest absolute Gasteiger partial charge is 0.432 e. The minimum Gasteiger partial charge on any atom is -0.432 e. The quantitative estimate of drug-likeness (QED) is 0.610. The first-order chi connectivity index (χ1) is 9.15. The van der Waals surface area contributed by atoms with Crippen molar-refractivity contribution in [3.63, 3.8) is 0 Å². The summed E-state index contributed by atoms with van der Waals surface area (Å²) in [6.45, 7) is 3.78. The van der Waals surface area contributed by atoms with E-state index >= 15 is 0 Å². The van der Waals surface area contributed by atoms with Crippen LogP contribution < -0.4 is 0 Å². The summed E-state index contributed by atoms with van der Waals surface area (Å²) in [5.41, 5.74) is 1.70. The number of hydrogen-bond acceptors (Lipinski definition) is 3. The molecule has 1 aliphatic rings. The number of esters is 1. The lowest BCUT2D eigenvalue weighted by atomic mass is 9.98. The molecular formula is C16H22O3. The Morgan fingerprint density at radius 1 is 1.16 bits per heavy atom. The van der Waals surface area contributed by atoms with Gasteiger partial charge in [-0.3, -0.25) is 0 Å². The summed E-state index contributed by atoms with van der Waals surface area (Å²) in [5.74, 6) is -0.316. The number of ether oxygens (including phenoxy) is 2. The lowest BCUT2D eigenvalue weighted by molar-refractivity contribution is -0.137. The number of carbonyl (C=O) groups excluding carboxylic acids is 1. The van der Waals surface area contributed by atoms with E-state index in [9.17, 15) is 4.79 Å². The van der Waals surface area contributed by atoms with Gasteiger partial charge in [0.2, 0.25) is 6.29 Å². The molecule has 0 aliphatic heterocycles. The first-order valence-electron chi connectivity index (χ1n) is 7.08. The summed E-state index contributed by atoms with van der Waals surface area (Å²) >= 11 is 0. The molecule has 104 valence electrons. The molecule has 1 unspecified atom stereocenters. The smallest absolute Gasteiger partial charge is 0.340 e. The van der Waals surface area contributed by atoms with Gasteiger partial charge >= 0.3 is 5.97 Å². The predicted octanol–water partition coefficient (Wildman–Crippen LogP) is 3.85. The van der Waals surface area contributed by atoms with Crippen LogP contribution in [0.5, 0.6) is 0 Å². The summed E-state index contributed by atoms with van der Waals surface area (Å²) in [5, 5.41) is 0. The topological polar surface area (TPSA) is 35.5 Å². The predicted molar refractivity (Wildman–Crippen MR) is 74.0 cm³/mol. The van der Waals surface area contributed by atoms with Gasteiger partial charge in [-0.15, -0.1) is 0 Å². The van der Waals surface area contributed by atoms with Crippen molar-refractivity contribution in [1.29, 1.82) is 0 Å². The van der Waals surface area contributed by atoms with Crippen LogP contribution in [0.2, 0.25) is 0 Å². The summed E-state index contributed by atoms with van der Waals surface area (Å²) < 4.78 is 11.1. The molecule has 1 aromatic rings. The first-order valence-corrected chi connectivity index (χ1v) is 7.08. The highest BCUT2D eigenvalue weighted by molar-refractivity contribution is 5.89. The average molecular weight is 262 g/mol. The Bertz CT molecular complexity index is 405. The molecule has 19 heavy (non-hydrogen) atoms. The molecule has 0 saturated heterocycles. The van der Waals surface area contributed by atoms with Crippen LogP contribution in [-0.4, -0.2) is 18.4 Å². The van der Waals surface area contributed by atoms with Gasteiger partial charge in [-0.1, -0.05) is 37.0 Å². The van der Waals surface area contributed by atoms with E-state index in [1.54, 1.807) is 19.1 Å². The maximum Gasteiger partial charge on any atom is 0.340 e. The summed E-state index contributed by atoms with van der Waals surface area (Å²) in [4.78, 5) is 11.9. The standard InChI is InChI=1S/C16H22O3/c1-12-8-10-14(11-9-12)16(17)19-13(2)18-15-6-4-3-5-7-15/h8-11,13,15H,3-7H2,1-2H3. The fraction of sp³-hybridized carbons (Fsp3) is 0.562. The van der Waals surface area contributed by atoms with E-state index < -0.39 is 6.29 Å². The van der Waals surface area contributed by atoms with E-state index in [0.29, 0.717) is 5.56 Å². The Labute approximate surface area is 114 Å². The first kappa shape index (κ1) is 14.1. The molecule has 0 aromatic heterocycles. The van der Waals surface area contributed by atoms with Crippen LogP contribution in [0.15, 0.2) is 24.3 Å². The van der Waals surface area contributed by atoms with Crippen molar-refractivity contribution in [3.05, 3.63) is 35.4 Å². The summed E-state index contributed by atoms with van der Waals surface area (Å²) in [7, 11) is 0. The normalized spacial score (nSPS) is 18.0. The van der Waals surface area contributed by atoms with Gasteiger partial charge in [-0.05, 0) is 38.8 Å². The number of benzene rings is 1. The van der Waals surface area contributed by atoms with E-state index in [1.165, 1.54) is 19.3 Å². The molecule has 0 bridgehead atoms. The van der Waals surface area contributed by atoms with Crippen LogP contribution in [0.4, 0.5) is 0 Å². The number of carbonyl (C=O) groups is 1. The van der Waals surface area contributed by atoms with E-state index in [1.807, 2.05) is 19.1 Å². The monoisotopic (exact) mass is 262 g/mol. The molecule has 2 rings (SSSR count). The molecule has 1 fully saturated rings. The van der Waals surface area contributed by atoms with Crippen molar-refractivity contribution >= 4 is 5.97 Å². The fourth-order valence-electron chi connectivity index (χ4n) is 2.41. The SMILES string of the molecule is Cc1ccc(C(=O)OC(C)OC2CCCCC2)cc1. The summed E-state index contributed by atoms with van der Waals surface area (Å²) in [6, 6.07) is 7.38. The van der Waals surface area contributed by atoms with E-state index in [-0.39, 0.29) is 12.1 Å². The van der Waals surface area contributed by atoms with Gasteiger partial charge in [0, 0.05) is 0 Å². The third-order valence-electron chi connectivity index (χ3n) is 3.50. The molecule has 3 nitrogen and oxygen atoms in total. The molecule has 1 aliphatic carbocycles. The average Bonchev–Trinajstić information content (AvgIpc) is 2.40. The maximum atomic E-state index is 11.9. The minimum atomic E-state index is -0.475. The lowest BCUT2D eigenvalue weighted by Crippen LogP contribution is -2.26. The van der Waals surface area contributed by atoms with Gasteiger partial charge < -0.3 is 9.47 Å². The van der Waals surface area contributed by atoms with Gasteiger partial charge in [-0.2, -0.15) is 0 Å². The number of rotatable bonds is 4. The maximum absolute atomic E-state index is 11.9. The highest BCUT2D eigenvalue weighted by Gasteiger charge is 2.19. The van der Waals surface area contributed by atoms with Gasteiger partial charge in [0.05, 0.1) is 11.7 Å². The van der Waals surface area contributed by atoms with Crippen LogP contribution in [0, 0.1) is 6.92 Å². The second-order valence-electron chi connectivity index (χ2n) is 5.24. The second kappa shape index (κ2) is 6.71. The van der Waals surface area contributed by atoms with E-state index in [0.717, 1.165) is 18.4 Å². The van der Waals surface area contributed by atoms with Gasteiger partial charge in [0.25, 0.3) is 0 Å². The molecule has 1 aromatic carbocycles. The van der Waals surface area contributed by atoms with Gasteiger partial charge in [0.15, 0.2) is 0 Å². The third-order valence-corrected chi connectivity index (χ3v) is 3.50. The van der Waals surface area contributed by atoms with Crippen molar-refractivity contribution in [1.82, 2.24) is 0 Å². The zero-order valence-corrected chi connectivity index (χ0v) is 11.7. The second-order valence-corrected chi connectivity index (χ2v) is 5.24. The van der Waals surface area contributed by atoms with Crippen molar-refractivity contribution in [2.24, 2.45) is 0 Å². The number of aryl methyl sites for hydroxylation is 1. The molecule has 0 radical (unpaired) electrons. The Kier molecular flexibility index (Phi) is 4.97. The van der Waals surface area contributed by atoms with Crippen molar-refractivity contribution in [3.8, 4) is 0 Å². The van der Waals surface area contributed by atoms with E-state index in [2.05, 4.69) is 0 Å². The van der Waals surface area contributed by atoms with E-state index in [4.69, 9.17) is 9.47 Å². The van der Waals surface area contributed by atoms with Crippen LogP contribution >= 0.6 is 0 Å². The highest BCUT2D eigenvalue weighted by Crippen LogP contribution is 2.22. The Hall–Kier alpha value is -1.35. The molecule has 1 atom stereocenters. The van der Waals surface area contributed by atoms with Crippen LogP contribution in [0.3, 0.4) is 0 Å². The molecular weight excluding hydrogens is 240 g/mol. The minimum absolute atomic E-state index is 0.245. The van der Waals surface area contributed by atoms with Crippen molar-refractivity contribution in [2.45, 2.75) is 58.3 Å². The third kappa shape index (κ3) is 4.35. The van der Waals surface area contributed by atoms with Gasteiger partial charge in [-0.25, -0.2) is 4.79 Å². The number of hydrogen-bond donors (Lipinski definition) is 0.